The van der Waals surface area contributed by atoms with Crippen LogP contribution in [0.2, 0.25) is 10.0 Å². The first-order valence-electron chi connectivity index (χ1n) is 10.7. The highest BCUT2D eigenvalue weighted by molar-refractivity contribution is 6.39. The number of halogens is 2. The first-order chi connectivity index (χ1) is 14.6. The lowest BCUT2D eigenvalue weighted by molar-refractivity contribution is -0.116. The van der Waals surface area contributed by atoms with Gasteiger partial charge in [-0.3, -0.25) is 4.79 Å². The highest BCUT2D eigenvalue weighted by atomic mass is 35.5. The number of rotatable bonds is 3. The summed E-state index contributed by atoms with van der Waals surface area (Å²) in [4.78, 5) is 13.1. The molecule has 6 heteroatoms. The number of fused-ring (bicyclic) bond motifs is 4. The Hall–Kier alpha value is -2.01. The standard InChI is InChI=1S/C24H25Cl2N3O/c25-16-12-19(26)24-18-8-10-27-11-9-21(18)29(22(24)13-16)14-23(30)28-20-7-3-5-15-4-1-2-6-17(15)20/h3,5,7,12-13,27H,1-2,4,6,8-11,14H2,(H,28,30). The second-order valence-electron chi connectivity index (χ2n) is 8.24. The van der Waals surface area contributed by atoms with Gasteiger partial charge in [-0.25, -0.2) is 0 Å². The van der Waals surface area contributed by atoms with E-state index < -0.39 is 0 Å². The third-order valence-electron chi connectivity index (χ3n) is 6.36. The van der Waals surface area contributed by atoms with Crippen LogP contribution in [-0.2, 0) is 37.0 Å². The summed E-state index contributed by atoms with van der Waals surface area (Å²) in [5.41, 5.74) is 6.99. The first kappa shape index (κ1) is 19.9. The molecule has 1 amide bonds. The number of hydrogen-bond acceptors (Lipinski definition) is 2. The van der Waals surface area contributed by atoms with Crippen LogP contribution in [0.1, 0.15) is 35.2 Å². The van der Waals surface area contributed by atoms with Gasteiger partial charge < -0.3 is 15.2 Å². The molecule has 2 heterocycles. The van der Waals surface area contributed by atoms with Crippen molar-refractivity contribution in [1.82, 2.24) is 9.88 Å². The van der Waals surface area contributed by atoms with E-state index >= 15 is 0 Å². The van der Waals surface area contributed by atoms with Gasteiger partial charge in [0, 0.05) is 34.8 Å². The third-order valence-corrected chi connectivity index (χ3v) is 6.88. The average molecular weight is 442 g/mol. The van der Waals surface area contributed by atoms with E-state index in [2.05, 4.69) is 21.3 Å². The monoisotopic (exact) mass is 441 g/mol. The summed E-state index contributed by atoms with van der Waals surface area (Å²) in [7, 11) is 0. The lowest BCUT2D eigenvalue weighted by Crippen LogP contribution is -2.22. The molecule has 0 atom stereocenters. The van der Waals surface area contributed by atoms with Crippen molar-refractivity contribution in [3.8, 4) is 0 Å². The maximum Gasteiger partial charge on any atom is 0.244 e. The highest BCUT2D eigenvalue weighted by Crippen LogP contribution is 2.36. The van der Waals surface area contributed by atoms with E-state index in [-0.39, 0.29) is 12.5 Å². The molecule has 156 valence electrons. The molecular weight excluding hydrogens is 417 g/mol. The molecular formula is C24H25Cl2N3O. The lowest BCUT2D eigenvalue weighted by atomic mass is 9.90. The number of anilines is 1. The molecule has 4 nitrogen and oxygen atoms in total. The van der Waals surface area contributed by atoms with Crippen molar-refractivity contribution < 1.29 is 4.79 Å². The maximum absolute atomic E-state index is 13.1. The number of nitrogens with one attached hydrogen (secondary N) is 2. The molecule has 1 aliphatic heterocycles. The van der Waals surface area contributed by atoms with Crippen LogP contribution in [0.4, 0.5) is 5.69 Å². The van der Waals surface area contributed by atoms with Gasteiger partial charge in [-0.1, -0.05) is 35.3 Å². The second-order valence-corrected chi connectivity index (χ2v) is 9.09. The molecule has 0 unspecified atom stereocenters. The summed E-state index contributed by atoms with van der Waals surface area (Å²) in [5.74, 6) is -0.0121. The van der Waals surface area contributed by atoms with Gasteiger partial charge in [0.1, 0.15) is 6.54 Å². The van der Waals surface area contributed by atoms with Crippen molar-refractivity contribution >= 4 is 45.7 Å². The number of carbonyl (C=O) groups is 1. The molecule has 3 aromatic rings. The lowest BCUT2D eigenvalue weighted by Gasteiger charge is -2.20. The molecule has 1 aromatic heterocycles. The third kappa shape index (κ3) is 3.62. The van der Waals surface area contributed by atoms with Crippen molar-refractivity contribution in [1.29, 1.82) is 0 Å². The minimum absolute atomic E-state index is 0.0121. The number of nitrogens with zero attached hydrogens (tertiary/aromatic N) is 1. The summed E-state index contributed by atoms with van der Waals surface area (Å²) in [5, 5.41) is 8.92. The molecule has 5 rings (SSSR count). The summed E-state index contributed by atoms with van der Waals surface area (Å²) in [6, 6.07) is 9.98. The fraction of sp³-hybridized carbons (Fsp3) is 0.375. The SMILES string of the molecule is O=C(Cn1c2c(c3c(Cl)cc(Cl)cc31)CCNCC2)Nc1cccc2c1CCCC2. The van der Waals surface area contributed by atoms with Crippen LogP contribution in [-0.4, -0.2) is 23.6 Å². The van der Waals surface area contributed by atoms with E-state index in [0.29, 0.717) is 10.0 Å². The van der Waals surface area contributed by atoms with Crippen LogP contribution in [0.3, 0.4) is 0 Å². The van der Waals surface area contributed by atoms with Gasteiger partial charge in [0.25, 0.3) is 0 Å². The average Bonchev–Trinajstić information content (AvgIpc) is 2.87. The molecule has 0 bridgehead atoms. The molecule has 1 aliphatic carbocycles. The first-order valence-corrected chi connectivity index (χ1v) is 11.5. The molecule has 0 saturated carbocycles. The van der Waals surface area contributed by atoms with E-state index in [9.17, 15) is 4.79 Å². The van der Waals surface area contributed by atoms with Gasteiger partial charge in [0.15, 0.2) is 0 Å². The van der Waals surface area contributed by atoms with Gasteiger partial charge in [-0.2, -0.15) is 0 Å². The molecule has 30 heavy (non-hydrogen) atoms. The Morgan fingerprint density at radius 3 is 2.77 bits per heavy atom. The van der Waals surface area contributed by atoms with Crippen LogP contribution in [0.25, 0.3) is 10.9 Å². The van der Waals surface area contributed by atoms with Crippen LogP contribution in [0.15, 0.2) is 30.3 Å². The van der Waals surface area contributed by atoms with E-state index in [1.54, 1.807) is 6.07 Å². The molecule has 0 fully saturated rings. The predicted molar refractivity (Wildman–Crippen MR) is 124 cm³/mol. The van der Waals surface area contributed by atoms with Crippen LogP contribution in [0.5, 0.6) is 0 Å². The largest absolute Gasteiger partial charge is 0.335 e. The highest BCUT2D eigenvalue weighted by Gasteiger charge is 2.23. The zero-order valence-electron chi connectivity index (χ0n) is 16.9. The molecule has 2 aliphatic rings. The van der Waals surface area contributed by atoms with Crippen LogP contribution in [0, 0.1) is 0 Å². The van der Waals surface area contributed by atoms with Crippen LogP contribution >= 0.6 is 23.2 Å². The summed E-state index contributed by atoms with van der Waals surface area (Å²) < 4.78 is 2.11. The Bertz CT molecular complexity index is 1140. The molecule has 2 N–H and O–H groups in total. The smallest absolute Gasteiger partial charge is 0.244 e. The number of hydrogen-bond donors (Lipinski definition) is 2. The predicted octanol–water partition coefficient (Wildman–Crippen LogP) is 5.15. The van der Waals surface area contributed by atoms with Crippen molar-refractivity contribution in [3.63, 3.8) is 0 Å². The summed E-state index contributed by atoms with van der Waals surface area (Å²) in [6.45, 7) is 2.06. The number of aryl methyl sites for hydroxylation is 1. The van der Waals surface area contributed by atoms with E-state index in [1.807, 2.05) is 18.2 Å². The van der Waals surface area contributed by atoms with Gasteiger partial charge in [-0.05, 0) is 73.5 Å². The number of amides is 1. The van der Waals surface area contributed by atoms with E-state index in [1.165, 1.54) is 35.2 Å². The Kier molecular flexibility index (Phi) is 5.48. The molecule has 0 radical (unpaired) electrons. The Balaban J connectivity index is 1.51. The van der Waals surface area contributed by atoms with Crippen molar-refractivity contribution in [3.05, 3.63) is 62.8 Å². The number of aromatic nitrogens is 1. The van der Waals surface area contributed by atoms with Gasteiger partial charge in [0.05, 0.1) is 10.5 Å². The molecule has 0 saturated heterocycles. The van der Waals surface area contributed by atoms with Gasteiger partial charge >= 0.3 is 0 Å². The minimum atomic E-state index is -0.0121. The Morgan fingerprint density at radius 1 is 1.03 bits per heavy atom. The van der Waals surface area contributed by atoms with Crippen molar-refractivity contribution in [2.45, 2.75) is 45.1 Å². The summed E-state index contributed by atoms with van der Waals surface area (Å²) >= 11 is 12.9. The molecule has 0 spiro atoms. The number of carbonyl (C=O) groups excluding carboxylic acids is 1. The summed E-state index contributed by atoms with van der Waals surface area (Å²) in [6.07, 6.45) is 6.30. The van der Waals surface area contributed by atoms with E-state index in [0.717, 1.165) is 55.4 Å². The van der Waals surface area contributed by atoms with E-state index in [4.69, 9.17) is 23.2 Å². The van der Waals surface area contributed by atoms with Gasteiger partial charge in [0.2, 0.25) is 5.91 Å². The van der Waals surface area contributed by atoms with Crippen LogP contribution < -0.4 is 10.6 Å². The normalized spacial score (nSPS) is 16.1. The molecule has 2 aromatic carbocycles. The number of benzene rings is 2. The second kappa shape index (κ2) is 8.26. The van der Waals surface area contributed by atoms with Gasteiger partial charge in [-0.15, -0.1) is 0 Å². The zero-order chi connectivity index (χ0) is 20.7. The quantitative estimate of drug-likeness (QED) is 0.589. The Labute approximate surface area is 186 Å². The fourth-order valence-corrected chi connectivity index (χ4v) is 5.63. The minimum Gasteiger partial charge on any atom is -0.335 e. The zero-order valence-corrected chi connectivity index (χ0v) is 18.4. The Morgan fingerprint density at radius 2 is 1.87 bits per heavy atom. The van der Waals surface area contributed by atoms with Crippen molar-refractivity contribution in [2.24, 2.45) is 0 Å². The topological polar surface area (TPSA) is 46.1 Å². The fourth-order valence-electron chi connectivity index (χ4n) is 5.04. The van der Waals surface area contributed by atoms with Crippen molar-refractivity contribution in [2.75, 3.05) is 18.4 Å². The maximum atomic E-state index is 13.1.